The monoisotopic (exact) mass is 422 g/mol. The van der Waals surface area contributed by atoms with Crippen LogP contribution in [0.3, 0.4) is 0 Å². The third kappa shape index (κ3) is 5.44. The van der Waals surface area contributed by atoms with Gasteiger partial charge in [0.15, 0.2) is 0 Å². The Bertz CT molecular complexity index is 866. The molecular formula is C25H30N2O4. The van der Waals surface area contributed by atoms with E-state index in [2.05, 4.69) is 24.3 Å². The van der Waals surface area contributed by atoms with E-state index in [9.17, 15) is 14.7 Å². The summed E-state index contributed by atoms with van der Waals surface area (Å²) in [5.41, 5.74) is 2.22. The van der Waals surface area contributed by atoms with Crippen LogP contribution in [-0.2, 0) is 22.6 Å². The van der Waals surface area contributed by atoms with E-state index in [0.717, 1.165) is 24.8 Å². The fraction of sp³-hybridized carbons (Fsp3) is 0.440. The number of aliphatic hydroxyl groups is 1. The highest BCUT2D eigenvalue weighted by Crippen LogP contribution is 2.26. The molecule has 2 unspecified atom stereocenters. The van der Waals surface area contributed by atoms with Gasteiger partial charge in [0.1, 0.15) is 12.6 Å². The Hall–Kier alpha value is -2.86. The number of benzene rings is 2. The number of rotatable bonds is 5. The van der Waals surface area contributed by atoms with Gasteiger partial charge in [0.05, 0.1) is 12.6 Å². The van der Waals surface area contributed by atoms with Crippen molar-refractivity contribution >= 4 is 12.0 Å². The fourth-order valence-corrected chi connectivity index (χ4v) is 4.57. The molecule has 2 aromatic carbocycles. The molecule has 2 aromatic rings. The topological polar surface area (TPSA) is 70.1 Å². The van der Waals surface area contributed by atoms with Crippen LogP contribution in [0.15, 0.2) is 60.7 Å². The zero-order chi connectivity index (χ0) is 21.6. The highest BCUT2D eigenvalue weighted by Gasteiger charge is 2.42. The second kappa shape index (κ2) is 9.96. The van der Waals surface area contributed by atoms with Crippen molar-refractivity contribution in [3.63, 3.8) is 0 Å². The van der Waals surface area contributed by atoms with Gasteiger partial charge in [-0.25, -0.2) is 4.79 Å². The summed E-state index contributed by atoms with van der Waals surface area (Å²) in [7, 11) is 0. The quantitative estimate of drug-likeness (QED) is 0.803. The minimum Gasteiger partial charge on any atom is -0.445 e. The van der Waals surface area contributed by atoms with Crippen LogP contribution in [0.5, 0.6) is 0 Å². The SMILES string of the molecule is O=C(C1CC(O)CN1C(=O)OCc1ccccc1)N1CCC(Cc2ccccc2)CC1. The van der Waals surface area contributed by atoms with Gasteiger partial charge in [-0.05, 0) is 36.3 Å². The Morgan fingerprint density at radius 1 is 0.935 bits per heavy atom. The smallest absolute Gasteiger partial charge is 0.410 e. The van der Waals surface area contributed by atoms with Crippen LogP contribution in [0.4, 0.5) is 4.79 Å². The normalized spacial score (nSPS) is 21.8. The van der Waals surface area contributed by atoms with Crippen molar-refractivity contribution in [1.82, 2.24) is 9.80 Å². The molecule has 0 saturated carbocycles. The molecule has 0 bridgehead atoms. The first-order valence-electron chi connectivity index (χ1n) is 11.1. The van der Waals surface area contributed by atoms with E-state index in [-0.39, 0.29) is 25.5 Å². The number of hydrogen-bond acceptors (Lipinski definition) is 4. The zero-order valence-electron chi connectivity index (χ0n) is 17.7. The zero-order valence-corrected chi connectivity index (χ0v) is 17.7. The third-order valence-corrected chi connectivity index (χ3v) is 6.30. The number of carbonyl (C=O) groups is 2. The van der Waals surface area contributed by atoms with Crippen LogP contribution in [-0.4, -0.2) is 58.7 Å². The molecule has 0 aliphatic carbocycles. The minimum absolute atomic E-state index is 0.0774. The van der Waals surface area contributed by atoms with Crippen LogP contribution < -0.4 is 0 Å². The van der Waals surface area contributed by atoms with Crippen LogP contribution in [0.1, 0.15) is 30.4 Å². The summed E-state index contributed by atoms with van der Waals surface area (Å²) in [6, 6.07) is 19.2. The van der Waals surface area contributed by atoms with E-state index in [1.165, 1.54) is 10.5 Å². The minimum atomic E-state index is -0.700. The Kier molecular flexibility index (Phi) is 6.87. The molecule has 31 heavy (non-hydrogen) atoms. The highest BCUT2D eigenvalue weighted by atomic mass is 16.6. The van der Waals surface area contributed by atoms with Gasteiger partial charge in [-0.2, -0.15) is 0 Å². The van der Waals surface area contributed by atoms with Crippen molar-refractivity contribution in [2.75, 3.05) is 19.6 Å². The maximum Gasteiger partial charge on any atom is 0.410 e. The summed E-state index contributed by atoms with van der Waals surface area (Å²) >= 11 is 0. The summed E-state index contributed by atoms with van der Waals surface area (Å²) in [6.07, 6.45) is 1.96. The van der Waals surface area contributed by atoms with Gasteiger partial charge >= 0.3 is 6.09 Å². The lowest BCUT2D eigenvalue weighted by molar-refractivity contribution is -0.137. The Morgan fingerprint density at radius 2 is 1.55 bits per heavy atom. The summed E-state index contributed by atoms with van der Waals surface area (Å²) < 4.78 is 5.42. The van der Waals surface area contributed by atoms with Gasteiger partial charge < -0.3 is 14.7 Å². The first-order valence-corrected chi connectivity index (χ1v) is 11.1. The van der Waals surface area contributed by atoms with E-state index in [4.69, 9.17) is 4.74 Å². The fourth-order valence-electron chi connectivity index (χ4n) is 4.57. The molecule has 2 fully saturated rings. The van der Waals surface area contributed by atoms with Gasteiger partial charge in [-0.3, -0.25) is 9.69 Å². The largest absolute Gasteiger partial charge is 0.445 e. The molecule has 2 saturated heterocycles. The number of aliphatic hydroxyl groups excluding tert-OH is 1. The van der Waals surface area contributed by atoms with Crippen molar-refractivity contribution in [2.45, 2.75) is 44.4 Å². The van der Waals surface area contributed by atoms with Crippen molar-refractivity contribution in [2.24, 2.45) is 5.92 Å². The maximum absolute atomic E-state index is 13.2. The first-order chi connectivity index (χ1) is 15.1. The van der Waals surface area contributed by atoms with Gasteiger partial charge in [0.25, 0.3) is 0 Å². The Balaban J connectivity index is 1.31. The lowest BCUT2D eigenvalue weighted by atomic mass is 9.90. The number of likely N-dealkylation sites (tertiary alicyclic amines) is 2. The molecular weight excluding hydrogens is 392 g/mol. The number of β-amino-alcohol motifs (C(OH)–C–C–N with tert-alkyl or cyclic N) is 1. The summed E-state index contributed by atoms with van der Waals surface area (Å²) in [5, 5.41) is 10.1. The second-order valence-corrected chi connectivity index (χ2v) is 8.56. The number of ether oxygens (including phenoxy) is 1. The Morgan fingerprint density at radius 3 is 2.19 bits per heavy atom. The summed E-state index contributed by atoms with van der Waals surface area (Å²) in [4.78, 5) is 29.0. The van der Waals surface area contributed by atoms with E-state index in [0.29, 0.717) is 19.0 Å². The molecule has 2 aliphatic rings. The summed E-state index contributed by atoms with van der Waals surface area (Å²) in [6.45, 7) is 1.66. The molecule has 1 N–H and O–H groups in total. The van der Waals surface area contributed by atoms with E-state index in [1.54, 1.807) is 0 Å². The van der Waals surface area contributed by atoms with E-state index < -0.39 is 18.2 Å². The van der Waals surface area contributed by atoms with Crippen molar-refractivity contribution < 1.29 is 19.4 Å². The Labute approximate surface area is 183 Å². The van der Waals surface area contributed by atoms with Gasteiger partial charge in [-0.1, -0.05) is 60.7 Å². The second-order valence-electron chi connectivity index (χ2n) is 8.56. The number of carbonyl (C=O) groups excluding carboxylic acids is 2. The molecule has 0 spiro atoms. The molecule has 0 aromatic heterocycles. The molecule has 2 atom stereocenters. The maximum atomic E-state index is 13.2. The van der Waals surface area contributed by atoms with E-state index in [1.807, 2.05) is 41.3 Å². The van der Waals surface area contributed by atoms with Crippen molar-refractivity contribution in [1.29, 1.82) is 0 Å². The predicted octanol–water partition coefficient (Wildman–Crippen LogP) is 3.24. The number of nitrogens with zero attached hydrogens (tertiary/aromatic N) is 2. The molecule has 2 aliphatic heterocycles. The molecule has 0 radical (unpaired) electrons. The molecule has 6 nitrogen and oxygen atoms in total. The van der Waals surface area contributed by atoms with Crippen LogP contribution in [0.25, 0.3) is 0 Å². The molecule has 2 amide bonds. The molecule has 4 rings (SSSR count). The van der Waals surface area contributed by atoms with Gasteiger partial charge in [0.2, 0.25) is 5.91 Å². The lowest BCUT2D eigenvalue weighted by Gasteiger charge is -2.35. The van der Waals surface area contributed by atoms with Gasteiger partial charge in [0, 0.05) is 19.5 Å². The average molecular weight is 423 g/mol. The molecule has 2 heterocycles. The van der Waals surface area contributed by atoms with E-state index >= 15 is 0 Å². The van der Waals surface area contributed by atoms with Crippen LogP contribution in [0, 0.1) is 5.92 Å². The van der Waals surface area contributed by atoms with Crippen molar-refractivity contribution in [3.05, 3.63) is 71.8 Å². The molecule has 164 valence electrons. The molecule has 6 heteroatoms. The standard InChI is InChI=1S/C25H30N2O4/c28-22-16-23(27(17-22)25(30)31-18-21-9-5-2-6-10-21)24(29)26-13-11-20(12-14-26)15-19-7-3-1-4-8-19/h1-10,20,22-23,28H,11-18H2. The lowest BCUT2D eigenvalue weighted by Crippen LogP contribution is -2.50. The van der Waals surface area contributed by atoms with Gasteiger partial charge in [-0.15, -0.1) is 0 Å². The first kappa shape index (κ1) is 21.4. The highest BCUT2D eigenvalue weighted by molar-refractivity contribution is 5.86. The third-order valence-electron chi connectivity index (χ3n) is 6.30. The number of hydrogen-bond donors (Lipinski definition) is 1. The van der Waals surface area contributed by atoms with Crippen LogP contribution in [0.2, 0.25) is 0 Å². The average Bonchev–Trinajstić information content (AvgIpc) is 3.20. The van der Waals surface area contributed by atoms with Crippen molar-refractivity contribution in [3.8, 4) is 0 Å². The number of amides is 2. The number of piperidine rings is 1. The summed E-state index contributed by atoms with van der Waals surface area (Å²) in [5.74, 6) is 0.485. The van der Waals surface area contributed by atoms with Crippen LogP contribution >= 0.6 is 0 Å². The predicted molar refractivity (Wildman–Crippen MR) is 117 cm³/mol.